The number of hydrogen-bond donors (Lipinski definition) is 2. The number of carbonyl (C=O) groups excluding carboxylic acids is 2. The van der Waals surface area contributed by atoms with Gasteiger partial charge in [0.2, 0.25) is 11.8 Å². The SMILES string of the molecule is O=C(C[C@H]1CCCN1)N1CC[C@]2(C1)C(=O)Nc1cc(Cl)c(Cl)cc12. The van der Waals surface area contributed by atoms with Crippen LogP contribution in [-0.4, -0.2) is 42.4 Å². The number of amides is 2. The molecule has 0 saturated carbocycles. The van der Waals surface area contributed by atoms with Gasteiger partial charge in [0.25, 0.3) is 0 Å². The molecule has 3 aliphatic rings. The molecular weight excluding hydrogens is 349 g/mol. The van der Waals surface area contributed by atoms with Crippen molar-refractivity contribution in [3.63, 3.8) is 0 Å². The van der Waals surface area contributed by atoms with Crippen LogP contribution in [0.25, 0.3) is 0 Å². The van der Waals surface area contributed by atoms with Gasteiger partial charge in [-0.3, -0.25) is 9.59 Å². The van der Waals surface area contributed by atoms with E-state index in [0.29, 0.717) is 41.7 Å². The van der Waals surface area contributed by atoms with Gasteiger partial charge in [-0.2, -0.15) is 0 Å². The first-order valence-electron chi connectivity index (χ1n) is 8.32. The van der Waals surface area contributed by atoms with Crippen molar-refractivity contribution in [3.05, 3.63) is 27.7 Å². The van der Waals surface area contributed by atoms with Crippen molar-refractivity contribution in [3.8, 4) is 0 Å². The lowest BCUT2D eigenvalue weighted by molar-refractivity contribution is -0.131. The van der Waals surface area contributed by atoms with Crippen molar-refractivity contribution >= 4 is 40.7 Å². The van der Waals surface area contributed by atoms with Gasteiger partial charge in [0, 0.05) is 31.2 Å². The number of hydrogen-bond acceptors (Lipinski definition) is 3. The maximum atomic E-state index is 12.6. The molecule has 5 nitrogen and oxygen atoms in total. The zero-order valence-electron chi connectivity index (χ0n) is 13.2. The van der Waals surface area contributed by atoms with E-state index in [9.17, 15) is 9.59 Å². The molecule has 0 aliphatic carbocycles. The molecule has 24 heavy (non-hydrogen) atoms. The summed E-state index contributed by atoms with van der Waals surface area (Å²) in [5, 5.41) is 7.11. The molecule has 4 rings (SSSR count). The molecule has 0 unspecified atom stereocenters. The highest BCUT2D eigenvalue weighted by Crippen LogP contribution is 2.46. The topological polar surface area (TPSA) is 61.4 Å². The molecule has 0 radical (unpaired) electrons. The number of nitrogens with zero attached hydrogens (tertiary/aromatic N) is 1. The monoisotopic (exact) mass is 367 g/mol. The van der Waals surface area contributed by atoms with Gasteiger partial charge in [0.1, 0.15) is 0 Å². The molecule has 1 spiro atoms. The molecule has 3 heterocycles. The summed E-state index contributed by atoms with van der Waals surface area (Å²) in [6.07, 6.45) is 3.29. The summed E-state index contributed by atoms with van der Waals surface area (Å²) in [5.41, 5.74) is 0.875. The number of carbonyl (C=O) groups is 2. The predicted molar refractivity (Wildman–Crippen MR) is 93.6 cm³/mol. The van der Waals surface area contributed by atoms with E-state index in [-0.39, 0.29) is 17.9 Å². The molecule has 7 heteroatoms. The van der Waals surface area contributed by atoms with Crippen LogP contribution in [0.5, 0.6) is 0 Å². The van der Waals surface area contributed by atoms with Gasteiger partial charge in [-0.15, -0.1) is 0 Å². The first-order valence-corrected chi connectivity index (χ1v) is 9.07. The van der Waals surface area contributed by atoms with E-state index in [1.54, 1.807) is 12.1 Å². The van der Waals surface area contributed by atoms with Crippen LogP contribution in [0.1, 0.15) is 31.2 Å². The van der Waals surface area contributed by atoms with E-state index in [1.165, 1.54) is 0 Å². The van der Waals surface area contributed by atoms with E-state index in [1.807, 2.05) is 4.90 Å². The number of nitrogens with one attached hydrogen (secondary N) is 2. The minimum atomic E-state index is -0.692. The largest absolute Gasteiger partial charge is 0.341 e. The molecule has 0 bridgehead atoms. The molecule has 128 valence electrons. The van der Waals surface area contributed by atoms with Gasteiger partial charge in [0.05, 0.1) is 15.5 Å². The number of fused-ring (bicyclic) bond motifs is 2. The Balaban J connectivity index is 1.56. The normalized spacial score (nSPS) is 28.5. The van der Waals surface area contributed by atoms with E-state index in [4.69, 9.17) is 23.2 Å². The van der Waals surface area contributed by atoms with Gasteiger partial charge in [-0.1, -0.05) is 23.2 Å². The molecule has 1 aromatic rings. The van der Waals surface area contributed by atoms with Crippen molar-refractivity contribution < 1.29 is 9.59 Å². The maximum Gasteiger partial charge on any atom is 0.237 e. The van der Waals surface area contributed by atoms with E-state index < -0.39 is 5.41 Å². The standard InChI is InChI=1S/C17H19Cl2N3O2/c18-12-7-11-14(8-13(12)19)21-16(24)17(11)3-5-22(9-17)15(23)6-10-2-1-4-20-10/h7-8,10,20H,1-6,9H2,(H,21,24)/t10-,17-/m1/s1. The van der Waals surface area contributed by atoms with E-state index >= 15 is 0 Å². The minimum absolute atomic E-state index is 0.0647. The number of benzene rings is 1. The fourth-order valence-corrected chi connectivity index (χ4v) is 4.44. The lowest BCUT2D eigenvalue weighted by Gasteiger charge is -2.23. The Morgan fingerprint density at radius 3 is 2.88 bits per heavy atom. The Labute approximate surface area is 150 Å². The summed E-state index contributed by atoms with van der Waals surface area (Å²) in [5.74, 6) is 0.0534. The average molecular weight is 368 g/mol. The van der Waals surface area contributed by atoms with Gasteiger partial charge < -0.3 is 15.5 Å². The zero-order chi connectivity index (χ0) is 16.9. The number of rotatable bonds is 2. The number of likely N-dealkylation sites (tertiary alicyclic amines) is 1. The van der Waals surface area contributed by atoms with E-state index in [0.717, 1.165) is 24.9 Å². The van der Waals surface area contributed by atoms with Gasteiger partial charge in [-0.25, -0.2) is 0 Å². The highest BCUT2D eigenvalue weighted by atomic mass is 35.5. The third-order valence-corrected chi connectivity index (χ3v) is 6.19. The highest BCUT2D eigenvalue weighted by molar-refractivity contribution is 6.42. The second-order valence-corrected chi connectivity index (χ2v) is 7.73. The van der Waals surface area contributed by atoms with Crippen molar-refractivity contribution in [2.24, 2.45) is 0 Å². The summed E-state index contributed by atoms with van der Waals surface area (Å²) in [7, 11) is 0. The van der Waals surface area contributed by atoms with Crippen LogP contribution in [0.15, 0.2) is 12.1 Å². The van der Waals surface area contributed by atoms with Crippen LogP contribution >= 0.6 is 23.2 Å². The summed E-state index contributed by atoms with van der Waals surface area (Å²) >= 11 is 12.2. The van der Waals surface area contributed by atoms with Crippen LogP contribution in [0.3, 0.4) is 0 Å². The highest BCUT2D eigenvalue weighted by Gasteiger charge is 2.52. The summed E-state index contributed by atoms with van der Waals surface area (Å²) in [6, 6.07) is 3.73. The van der Waals surface area contributed by atoms with Crippen molar-refractivity contribution in [1.82, 2.24) is 10.2 Å². The van der Waals surface area contributed by atoms with Crippen LogP contribution in [0.4, 0.5) is 5.69 Å². The third-order valence-electron chi connectivity index (χ3n) is 5.46. The molecule has 3 aliphatic heterocycles. The third kappa shape index (κ3) is 2.50. The fourth-order valence-electron chi connectivity index (χ4n) is 4.11. The molecule has 0 aromatic heterocycles. The first-order chi connectivity index (χ1) is 11.5. The minimum Gasteiger partial charge on any atom is -0.341 e. The molecule has 2 atom stereocenters. The summed E-state index contributed by atoms with van der Waals surface area (Å²) in [4.78, 5) is 27.0. The first kappa shape index (κ1) is 16.2. The van der Waals surface area contributed by atoms with E-state index in [2.05, 4.69) is 10.6 Å². The second-order valence-electron chi connectivity index (χ2n) is 6.91. The summed E-state index contributed by atoms with van der Waals surface area (Å²) < 4.78 is 0. The van der Waals surface area contributed by atoms with Crippen LogP contribution < -0.4 is 10.6 Å². The Morgan fingerprint density at radius 1 is 1.33 bits per heavy atom. The number of anilines is 1. The molecule has 2 N–H and O–H groups in total. The molecule has 2 saturated heterocycles. The predicted octanol–water partition coefficient (Wildman–Crippen LogP) is 2.56. The Kier molecular flexibility index (Phi) is 3.98. The summed E-state index contributed by atoms with van der Waals surface area (Å²) in [6.45, 7) is 1.99. The van der Waals surface area contributed by atoms with Gasteiger partial charge in [0.15, 0.2) is 0 Å². The Morgan fingerprint density at radius 2 is 2.12 bits per heavy atom. The second kappa shape index (κ2) is 5.90. The maximum absolute atomic E-state index is 12.6. The molecule has 2 fully saturated rings. The molecule has 2 amide bonds. The van der Waals surface area contributed by atoms with Crippen molar-refractivity contribution in [2.75, 3.05) is 25.0 Å². The lowest BCUT2D eigenvalue weighted by Crippen LogP contribution is -2.40. The smallest absolute Gasteiger partial charge is 0.237 e. The van der Waals surface area contributed by atoms with Gasteiger partial charge >= 0.3 is 0 Å². The number of halogens is 2. The van der Waals surface area contributed by atoms with Gasteiger partial charge in [-0.05, 0) is 43.5 Å². The van der Waals surface area contributed by atoms with Crippen LogP contribution in [0, 0.1) is 0 Å². The van der Waals surface area contributed by atoms with Crippen LogP contribution in [-0.2, 0) is 15.0 Å². The average Bonchev–Trinajstić information content (AvgIpc) is 3.24. The Bertz CT molecular complexity index is 718. The lowest BCUT2D eigenvalue weighted by atomic mass is 9.81. The van der Waals surface area contributed by atoms with Crippen molar-refractivity contribution in [1.29, 1.82) is 0 Å². The zero-order valence-corrected chi connectivity index (χ0v) is 14.7. The quantitative estimate of drug-likeness (QED) is 0.844. The molecular formula is C17H19Cl2N3O2. The molecule has 1 aromatic carbocycles. The Hall–Kier alpha value is -1.30. The van der Waals surface area contributed by atoms with Crippen molar-refractivity contribution in [2.45, 2.75) is 37.1 Å². The fraction of sp³-hybridized carbons (Fsp3) is 0.529. The van der Waals surface area contributed by atoms with Crippen LogP contribution in [0.2, 0.25) is 10.0 Å².